The van der Waals surface area contributed by atoms with E-state index in [1.807, 2.05) is 0 Å². The highest BCUT2D eigenvalue weighted by molar-refractivity contribution is 6.08. The van der Waals surface area contributed by atoms with E-state index in [1.54, 1.807) is 25.1 Å². The molecular weight excluding hydrogens is 388 g/mol. The van der Waals surface area contributed by atoms with Gasteiger partial charge in [-0.15, -0.1) is 12.4 Å². The summed E-state index contributed by atoms with van der Waals surface area (Å²) in [5, 5.41) is 24.2. The van der Waals surface area contributed by atoms with Gasteiger partial charge in [0.15, 0.2) is 0 Å². The van der Waals surface area contributed by atoms with Crippen LogP contribution in [-0.4, -0.2) is 41.8 Å². The summed E-state index contributed by atoms with van der Waals surface area (Å²) >= 11 is 0. The predicted molar refractivity (Wildman–Crippen MR) is 105 cm³/mol. The highest BCUT2D eigenvalue weighted by atomic mass is 35.5. The Labute approximate surface area is 168 Å². The molecule has 0 amide bonds. The molecule has 28 heavy (non-hydrogen) atoms. The normalized spacial score (nSPS) is 16.1. The van der Waals surface area contributed by atoms with Gasteiger partial charge in [0, 0.05) is 25.9 Å². The Bertz CT molecular complexity index is 834. The second-order valence-electron chi connectivity index (χ2n) is 5.38. The number of halogens is 1. The van der Waals surface area contributed by atoms with Gasteiger partial charge in [-0.05, 0) is 36.6 Å². The lowest BCUT2D eigenvalue weighted by Gasteiger charge is -2.32. The number of carbonyl (C=O) groups excluding carboxylic acids is 1. The molecule has 0 aliphatic heterocycles. The zero-order chi connectivity index (χ0) is 19.8. The summed E-state index contributed by atoms with van der Waals surface area (Å²) in [5.41, 5.74) is 0.00536. The van der Waals surface area contributed by atoms with Gasteiger partial charge in [-0.1, -0.05) is 12.1 Å². The Kier molecular flexibility index (Phi) is 8.83. The van der Waals surface area contributed by atoms with E-state index in [0.29, 0.717) is 5.82 Å². The third-order valence-corrected chi connectivity index (χ3v) is 3.68. The van der Waals surface area contributed by atoms with Crippen molar-refractivity contribution in [1.29, 1.82) is 0 Å². The summed E-state index contributed by atoms with van der Waals surface area (Å²) in [4.78, 5) is 31.6. The molecule has 150 valence electrons. The first-order valence-corrected chi connectivity index (χ1v) is 8.24. The van der Waals surface area contributed by atoms with Gasteiger partial charge in [-0.25, -0.2) is 4.98 Å². The smallest absolute Gasteiger partial charge is 0.307 e. The van der Waals surface area contributed by atoms with Crippen LogP contribution in [0, 0.1) is 10.1 Å². The molecule has 10 heteroatoms. The van der Waals surface area contributed by atoms with Crippen molar-refractivity contribution in [1.82, 2.24) is 4.98 Å². The van der Waals surface area contributed by atoms with Crippen LogP contribution in [-0.2, 0) is 9.53 Å². The predicted octanol–water partition coefficient (Wildman–Crippen LogP) is 1.64. The van der Waals surface area contributed by atoms with E-state index in [2.05, 4.69) is 9.98 Å². The number of carbonyl (C=O) groups is 1. The Hall–Kier alpha value is -3.20. The number of aromatic nitrogens is 1. The Morgan fingerprint density at radius 2 is 2.11 bits per heavy atom. The molecule has 2 rings (SSSR count). The molecular formula is C18H20ClN4O5-. The standard InChI is InChI=1S/C18H20N4O5.ClH/c1-3-27-17(23)9-11-21(16-6-4-5-10-20-16)18(24)13-7-8-14(19-2)15(12-13)22(25)26;/h4-8,10,12,24H,3,9,11H2,1-2H3;1H/p-1/b18-13-,19-14?;. The second-order valence-corrected chi connectivity index (χ2v) is 5.38. The maximum absolute atomic E-state index is 13.0. The molecule has 0 saturated heterocycles. The molecule has 0 spiro atoms. The number of rotatable bonds is 7. The van der Waals surface area contributed by atoms with E-state index in [9.17, 15) is 20.0 Å². The number of anilines is 1. The second kappa shape index (κ2) is 10.8. The van der Waals surface area contributed by atoms with Crippen LogP contribution in [0.5, 0.6) is 0 Å². The van der Waals surface area contributed by atoms with Gasteiger partial charge in [0.05, 0.1) is 18.0 Å². The summed E-state index contributed by atoms with van der Waals surface area (Å²) in [7, 11) is 1.43. The van der Waals surface area contributed by atoms with E-state index in [4.69, 9.17) is 4.74 Å². The zero-order valence-corrected chi connectivity index (χ0v) is 16.2. The van der Waals surface area contributed by atoms with Crippen LogP contribution in [0.15, 0.2) is 64.8 Å². The lowest BCUT2D eigenvalue weighted by Crippen LogP contribution is -2.34. The Morgan fingerprint density at radius 1 is 1.36 bits per heavy atom. The van der Waals surface area contributed by atoms with Crippen molar-refractivity contribution in [3.8, 4) is 0 Å². The third kappa shape index (κ3) is 5.65. The number of aliphatic imine (C=N–C) groups is 1. The average Bonchev–Trinajstić information content (AvgIpc) is 2.68. The van der Waals surface area contributed by atoms with Crippen LogP contribution in [0.1, 0.15) is 13.3 Å². The first-order valence-electron chi connectivity index (χ1n) is 8.24. The van der Waals surface area contributed by atoms with E-state index in [1.165, 1.54) is 36.4 Å². The molecule has 0 unspecified atom stereocenters. The molecule has 0 atom stereocenters. The number of ether oxygens (including phenoxy) is 1. The molecule has 0 saturated carbocycles. The molecule has 0 bridgehead atoms. The molecule has 1 aliphatic rings. The minimum absolute atomic E-state index is 0. The molecule has 1 aliphatic carbocycles. The van der Waals surface area contributed by atoms with Crippen molar-refractivity contribution in [3.63, 3.8) is 0 Å². The molecule has 1 aromatic rings. The molecule has 0 N–H and O–H groups in total. The van der Waals surface area contributed by atoms with Crippen LogP contribution in [0.4, 0.5) is 5.82 Å². The van der Waals surface area contributed by atoms with Crippen molar-refractivity contribution in [3.05, 3.63) is 69.9 Å². The van der Waals surface area contributed by atoms with Crippen molar-refractivity contribution >= 4 is 29.9 Å². The molecule has 1 aromatic heterocycles. The summed E-state index contributed by atoms with van der Waals surface area (Å²) in [6.07, 6.45) is 5.53. The maximum Gasteiger partial charge on any atom is 0.307 e. The first-order chi connectivity index (χ1) is 13.0. The maximum atomic E-state index is 13.0. The van der Waals surface area contributed by atoms with Gasteiger partial charge in [-0.3, -0.25) is 19.9 Å². The summed E-state index contributed by atoms with van der Waals surface area (Å²) < 4.78 is 4.90. The fourth-order valence-corrected chi connectivity index (χ4v) is 2.42. The van der Waals surface area contributed by atoms with E-state index >= 15 is 0 Å². The van der Waals surface area contributed by atoms with Crippen LogP contribution in [0.2, 0.25) is 0 Å². The largest absolute Gasteiger partial charge is 0.860 e. The van der Waals surface area contributed by atoms with E-state index in [0.717, 1.165) is 0 Å². The van der Waals surface area contributed by atoms with Crippen molar-refractivity contribution in [2.24, 2.45) is 4.99 Å². The quantitative estimate of drug-likeness (QED) is 0.291. The highest BCUT2D eigenvalue weighted by Crippen LogP contribution is 2.21. The number of pyridine rings is 1. The molecule has 1 heterocycles. The lowest BCUT2D eigenvalue weighted by atomic mass is 10.1. The summed E-state index contributed by atoms with van der Waals surface area (Å²) in [6.45, 7) is 1.96. The topological polar surface area (TPSA) is 121 Å². The van der Waals surface area contributed by atoms with Gasteiger partial charge in [-0.2, -0.15) is 0 Å². The minimum atomic E-state index is -0.594. The fraction of sp³-hybridized carbons (Fsp3) is 0.278. The van der Waals surface area contributed by atoms with Gasteiger partial charge < -0.3 is 14.7 Å². The Balaban J connectivity index is 0.00000392. The number of hydrogen-bond donors (Lipinski definition) is 0. The SMILES string of the molecule is CCOC(=O)CCN(/C([O-])=C1\C=CC(=NC)C([N+](=O)[O-])=C1)c1ccccn1.Cl. The zero-order valence-electron chi connectivity index (χ0n) is 15.4. The van der Waals surface area contributed by atoms with Gasteiger partial charge in [0.25, 0.3) is 5.70 Å². The summed E-state index contributed by atoms with van der Waals surface area (Å²) in [6, 6.07) is 5.02. The van der Waals surface area contributed by atoms with Crippen molar-refractivity contribution in [2.75, 3.05) is 25.1 Å². The number of nitro groups is 1. The lowest BCUT2D eigenvalue weighted by molar-refractivity contribution is -0.415. The van der Waals surface area contributed by atoms with E-state index in [-0.39, 0.29) is 49.0 Å². The molecule has 9 nitrogen and oxygen atoms in total. The van der Waals surface area contributed by atoms with Gasteiger partial charge in [0.2, 0.25) is 0 Å². The highest BCUT2D eigenvalue weighted by Gasteiger charge is 2.21. The van der Waals surface area contributed by atoms with Crippen molar-refractivity contribution < 1.29 is 19.6 Å². The third-order valence-electron chi connectivity index (χ3n) is 3.68. The van der Waals surface area contributed by atoms with Crippen LogP contribution >= 0.6 is 12.4 Å². The monoisotopic (exact) mass is 407 g/mol. The van der Waals surface area contributed by atoms with Crippen LogP contribution < -0.4 is 10.0 Å². The van der Waals surface area contributed by atoms with Crippen LogP contribution in [0.3, 0.4) is 0 Å². The van der Waals surface area contributed by atoms with Crippen molar-refractivity contribution in [2.45, 2.75) is 13.3 Å². The van der Waals surface area contributed by atoms with Gasteiger partial charge >= 0.3 is 5.97 Å². The summed E-state index contributed by atoms with van der Waals surface area (Å²) in [5.74, 6) is -0.625. The average molecular weight is 408 g/mol. The Morgan fingerprint density at radius 3 is 2.68 bits per heavy atom. The minimum Gasteiger partial charge on any atom is -0.860 e. The van der Waals surface area contributed by atoms with Gasteiger partial charge in [0.1, 0.15) is 11.5 Å². The number of nitrogens with zero attached hydrogens (tertiary/aromatic N) is 4. The molecule has 0 fully saturated rings. The number of allylic oxidation sites excluding steroid dienone is 4. The van der Waals surface area contributed by atoms with Crippen LogP contribution in [0.25, 0.3) is 0 Å². The number of hydrogen-bond acceptors (Lipinski definition) is 8. The first kappa shape index (κ1) is 22.8. The number of esters is 1. The fourth-order valence-electron chi connectivity index (χ4n) is 2.42. The molecule has 0 radical (unpaired) electrons. The molecule has 0 aromatic carbocycles. The van der Waals surface area contributed by atoms with E-state index < -0.39 is 16.8 Å².